The van der Waals surface area contributed by atoms with Crippen molar-refractivity contribution in [1.29, 1.82) is 0 Å². The van der Waals surface area contributed by atoms with Crippen LogP contribution in [0.5, 0.6) is 5.75 Å². The third-order valence-corrected chi connectivity index (χ3v) is 7.43. The molecule has 0 unspecified atom stereocenters. The van der Waals surface area contributed by atoms with E-state index in [-0.39, 0.29) is 23.7 Å². The Bertz CT molecular complexity index is 1080. The number of nitrogens with zero attached hydrogens (tertiary/aromatic N) is 2. The van der Waals surface area contributed by atoms with Gasteiger partial charge in [-0.25, -0.2) is 4.79 Å². The van der Waals surface area contributed by atoms with E-state index < -0.39 is 5.60 Å². The van der Waals surface area contributed by atoms with Crippen LogP contribution in [0.15, 0.2) is 53.0 Å². The van der Waals surface area contributed by atoms with E-state index in [1.807, 2.05) is 50.2 Å². The summed E-state index contributed by atoms with van der Waals surface area (Å²) in [6.07, 6.45) is 4.05. The number of piperidine rings is 1. The van der Waals surface area contributed by atoms with E-state index in [1.165, 1.54) is 0 Å². The van der Waals surface area contributed by atoms with Crippen molar-refractivity contribution in [2.24, 2.45) is 11.8 Å². The quantitative estimate of drug-likeness (QED) is 0.318. The minimum absolute atomic E-state index is 0.0307. The van der Waals surface area contributed by atoms with Gasteiger partial charge in [0.05, 0.1) is 12.5 Å². The van der Waals surface area contributed by atoms with E-state index in [0.29, 0.717) is 31.5 Å². The smallest absolute Gasteiger partial charge is 0.349 e. The fourth-order valence-corrected chi connectivity index (χ4v) is 4.97. The molecule has 6 nitrogen and oxygen atoms in total. The first-order chi connectivity index (χ1) is 17.6. The maximum Gasteiger partial charge on any atom is 0.349 e. The van der Waals surface area contributed by atoms with Crippen LogP contribution >= 0.6 is 15.9 Å². The van der Waals surface area contributed by atoms with Crippen LogP contribution in [0.3, 0.4) is 0 Å². The van der Waals surface area contributed by atoms with Gasteiger partial charge in [0, 0.05) is 41.9 Å². The number of rotatable bonds is 10. The normalized spacial score (nSPS) is 18.0. The maximum atomic E-state index is 13.7. The van der Waals surface area contributed by atoms with Crippen molar-refractivity contribution in [1.82, 2.24) is 4.90 Å². The molecule has 0 bridgehead atoms. The molecule has 200 valence electrons. The van der Waals surface area contributed by atoms with E-state index in [2.05, 4.69) is 37.9 Å². The van der Waals surface area contributed by atoms with Crippen LogP contribution in [0, 0.1) is 11.8 Å². The molecular formula is C30H39BrN2O4. The average Bonchev–Trinajstić information content (AvgIpc) is 3.72. The fraction of sp³-hybridized carbons (Fsp3) is 0.533. The number of hydrogen-bond acceptors (Lipinski definition) is 5. The van der Waals surface area contributed by atoms with Gasteiger partial charge in [-0.2, -0.15) is 0 Å². The molecule has 2 aromatic rings. The first kappa shape index (κ1) is 27.5. The third kappa shape index (κ3) is 7.50. The second kappa shape index (κ2) is 11.9. The second-order valence-electron chi connectivity index (χ2n) is 11.2. The molecule has 0 radical (unpaired) electrons. The number of ether oxygens (including phenoxy) is 2. The topological polar surface area (TPSA) is 59.1 Å². The highest BCUT2D eigenvalue weighted by Gasteiger charge is 2.37. The lowest BCUT2D eigenvalue weighted by Gasteiger charge is -2.36. The molecule has 7 heteroatoms. The van der Waals surface area contributed by atoms with E-state index in [4.69, 9.17) is 9.47 Å². The number of hydrogen-bond donors (Lipinski definition) is 0. The molecule has 37 heavy (non-hydrogen) atoms. The van der Waals surface area contributed by atoms with Gasteiger partial charge in [-0.15, -0.1) is 0 Å². The highest BCUT2D eigenvalue weighted by atomic mass is 79.9. The Kier molecular flexibility index (Phi) is 8.83. The van der Waals surface area contributed by atoms with Gasteiger partial charge in [-0.1, -0.05) is 48.0 Å². The van der Waals surface area contributed by atoms with Gasteiger partial charge in [-0.3, -0.25) is 4.79 Å². The van der Waals surface area contributed by atoms with Crippen LogP contribution in [-0.2, 0) is 20.9 Å². The monoisotopic (exact) mass is 570 g/mol. The highest BCUT2D eigenvalue weighted by Crippen LogP contribution is 2.33. The molecule has 0 N–H and O–H groups in total. The van der Waals surface area contributed by atoms with Crippen LogP contribution in [0.25, 0.3) is 0 Å². The summed E-state index contributed by atoms with van der Waals surface area (Å²) in [5.74, 6) is 0.741. The Labute approximate surface area is 229 Å². The number of carbonyl (C=O) groups is 2. The summed E-state index contributed by atoms with van der Waals surface area (Å²) in [6.45, 7) is 10.1. The predicted octanol–water partition coefficient (Wildman–Crippen LogP) is 6.21. The first-order valence-electron chi connectivity index (χ1n) is 13.4. The zero-order valence-corrected chi connectivity index (χ0v) is 24.0. The summed E-state index contributed by atoms with van der Waals surface area (Å²) in [4.78, 5) is 30.6. The fourth-order valence-electron chi connectivity index (χ4n) is 4.70. The predicted molar refractivity (Wildman–Crippen MR) is 150 cm³/mol. The van der Waals surface area contributed by atoms with E-state index in [0.717, 1.165) is 48.0 Å². The number of benzene rings is 2. The number of esters is 1. The van der Waals surface area contributed by atoms with Crippen molar-refractivity contribution in [3.05, 3.63) is 58.6 Å². The summed E-state index contributed by atoms with van der Waals surface area (Å²) in [5, 5.41) is 0. The van der Waals surface area contributed by atoms with Gasteiger partial charge in [0.15, 0.2) is 5.60 Å². The van der Waals surface area contributed by atoms with Crippen LogP contribution in [0.4, 0.5) is 5.69 Å². The molecule has 1 atom stereocenters. The van der Waals surface area contributed by atoms with Gasteiger partial charge >= 0.3 is 5.97 Å². The summed E-state index contributed by atoms with van der Waals surface area (Å²) in [5.41, 5.74) is 1.08. The molecule has 0 spiro atoms. The molecule has 2 fully saturated rings. The van der Waals surface area contributed by atoms with Crippen LogP contribution in [0.2, 0.25) is 0 Å². The van der Waals surface area contributed by atoms with E-state index in [1.54, 1.807) is 13.8 Å². The average molecular weight is 572 g/mol. The van der Waals surface area contributed by atoms with Crippen molar-refractivity contribution in [3.8, 4) is 5.75 Å². The van der Waals surface area contributed by atoms with Crippen LogP contribution in [0.1, 0.15) is 58.9 Å². The number of amides is 1. The van der Waals surface area contributed by atoms with Crippen molar-refractivity contribution in [3.63, 3.8) is 0 Å². The Hall–Kier alpha value is -2.54. The molecule has 2 aromatic carbocycles. The summed E-state index contributed by atoms with van der Waals surface area (Å²) < 4.78 is 12.5. The Balaban J connectivity index is 1.41. The van der Waals surface area contributed by atoms with Crippen LogP contribution in [-0.4, -0.2) is 48.1 Å². The lowest BCUT2D eigenvalue weighted by molar-refractivity contribution is -0.160. The minimum atomic E-state index is -1.09. The lowest BCUT2D eigenvalue weighted by atomic mass is 9.95. The second-order valence-corrected chi connectivity index (χ2v) is 12.1. The molecule has 4 rings (SSSR count). The number of carbonyl (C=O) groups excluding carboxylic acids is 2. The Morgan fingerprint density at radius 2 is 1.84 bits per heavy atom. The zero-order valence-electron chi connectivity index (χ0n) is 22.4. The molecule has 0 aromatic heterocycles. The summed E-state index contributed by atoms with van der Waals surface area (Å²) in [6, 6.07) is 16.4. The SMILES string of the molecule is CC(C)COC(=O)C(C)(C)Oc1cccc(N2CCC[C@H](C(=O)N(Cc3ccc(Br)cc3)C3CC3)C2)c1. The van der Waals surface area contributed by atoms with Crippen molar-refractivity contribution < 1.29 is 19.1 Å². The maximum absolute atomic E-state index is 13.7. The largest absolute Gasteiger partial charge is 0.476 e. The number of anilines is 1. The van der Waals surface area contributed by atoms with Crippen molar-refractivity contribution in [2.75, 3.05) is 24.6 Å². The Morgan fingerprint density at radius 1 is 1.11 bits per heavy atom. The highest BCUT2D eigenvalue weighted by molar-refractivity contribution is 9.10. The molecule has 1 aliphatic carbocycles. The standard InChI is InChI=1S/C30H39BrN2O4/c1-21(2)20-36-29(35)30(3,4)37-27-9-5-8-26(17-27)32-16-6-7-23(19-32)28(34)33(25-14-15-25)18-22-10-12-24(31)13-11-22/h5,8-13,17,21,23,25H,6-7,14-16,18-20H2,1-4H3/t23-/m0/s1. The van der Waals surface area contributed by atoms with E-state index >= 15 is 0 Å². The van der Waals surface area contributed by atoms with Gasteiger partial charge in [0.25, 0.3) is 0 Å². The van der Waals surface area contributed by atoms with Crippen molar-refractivity contribution in [2.45, 2.75) is 71.6 Å². The summed E-state index contributed by atoms with van der Waals surface area (Å²) >= 11 is 3.50. The van der Waals surface area contributed by atoms with Gasteiger partial charge in [-0.05, 0) is 75.3 Å². The summed E-state index contributed by atoms with van der Waals surface area (Å²) in [7, 11) is 0. The van der Waals surface area contributed by atoms with Crippen molar-refractivity contribution >= 4 is 33.5 Å². The molecular weight excluding hydrogens is 532 g/mol. The van der Waals surface area contributed by atoms with Gasteiger partial charge in [0.2, 0.25) is 5.91 Å². The molecule has 1 saturated heterocycles. The lowest BCUT2D eigenvalue weighted by Crippen LogP contribution is -2.45. The third-order valence-electron chi connectivity index (χ3n) is 6.90. The molecule has 1 aliphatic heterocycles. The van der Waals surface area contributed by atoms with Gasteiger partial charge < -0.3 is 19.3 Å². The minimum Gasteiger partial charge on any atom is -0.476 e. The number of halogens is 1. The molecule has 2 aliphatic rings. The molecule has 1 saturated carbocycles. The zero-order chi connectivity index (χ0) is 26.6. The first-order valence-corrected chi connectivity index (χ1v) is 14.2. The molecule has 1 amide bonds. The van der Waals surface area contributed by atoms with Gasteiger partial charge in [0.1, 0.15) is 5.75 Å². The Morgan fingerprint density at radius 3 is 2.51 bits per heavy atom. The molecule has 1 heterocycles. The van der Waals surface area contributed by atoms with E-state index in [9.17, 15) is 9.59 Å². The van der Waals surface area contributed by atoms with Crippen LogP contribution < -0.4 is 9.64 Å².